The number of carbonyl (C=O) groups excluding carboxylic acids is 1. The Morgan fingerprint density at radius 2 is 1.92 bits per heavy atom. The highest BCUT2D eigenvalue weighted by atomic mass is 35.5. The molecule has 0 unspecified atom stereocenters. The van der Waals surface area contributed by atoms with E-state index in [1.54, 1.807) is 30.6 Å². The second kappa shape index (κ2) is 8.88. The molecule has 0 aliphatic heterocycles. The second-order valence-corrected chi connectivity index (χ2v) is 6.48. The van der Waals surface area contributed by atoms with E-state index in [1.165, 1.54) is 0 Å². The van der Waals surface area contributed by atoms with Crippen molar-refractivity contribution in [1.82, 2.24) is 4.90 Å². The summed E-state index contributed by atoms with van der Waals surface area (Å²) < 4.78 is 5.36. The van der Waals surface area contributed by atoms with Crippen LogP contribution in [-0.2, 0) is 11.3 Å². The Morgan fingerprint density at radius 1 is 1.24 bits per heavy atom. The van der Waals surface area contributed by atoms with E-state index < -0.39 is 5.97 Å². The average Bonchev–Trinajstić information content (AvgIpc) is 2.61. The number of halogens is 2. The Labute approximate surface area is 158 Å². The van der Waals surface area contributed by atoms with Crippen LogP contribution in [0.5, 0.6) is 0 Å². The van der Waals surface area contributed by atoms with Crippen molar-refractivity contribution in [1.29, 1.82) is 0 Å². The monoisotopic (exact) mass is 378 g/mol. The summed E-state index contributed by atoms with van der Waals surface area (Å²) in [6.07, 6.45) is 1.71. The lowest BCUT2D eigenvalue weighted by Crippen LogP contribution is -2.14. The molecule has 0 aromatic heterocycles. The first kappa shape index (κ1) is 19.3. The molecule has 6 heteroatoms. The maximum absolute atomic E-state index is 12.3. The molecular formula is C19H20Cl2N2O2. The van der Waals surface area contributed by atoms with Gasteiger partial charge in [0.15, 0.2) is 0 Å². The molecule has 0 fully saturated rings. The van der Waals surface area contributed by atoms with Gasteiger partial charge in [0.25, 0.3) is 0 Å². The molecule has 0 N–H and O–H groups in total. The first-order chi connectivity index (χ1) is 11.9. The van der Waals surface area contributed by atoms with Gasteiger partial charge in [-0.05, 0) is 49.2 Å². The molecule has 2 aromatic carbocycles. The van der Waals surface area contributed by atoms with Crippen LogP contribution in [-0.4, -0.2) is 30.8 Å². The van der Waals surface area contributed by atoms with Crippen LogP contribution < -0.4 is 0 Å². The Balaban J connectivity index is 2.10. The van der Waals surface area contributed by atoms with Crippen LogP contribution in [0.15, 0.2) is 41.4 Å². The number of hydrogen-bond acceptors (Lipinski definition) is 3. The van der Waals surface area contributed by atoms with Gasteiger partial charge in [0.2, 0.25) is 0 Å². The Kier molecular flexibility index (Phi) is 6.85. The quantitative estimate of drug-likeness (QED) is 0.390. The number of benzene rings is 2. The molecule has 25 heavy (non-hydrogen) atoms. The van der Waals surface area contributed by atoms with Gasteiger partial charge in [-0.15, -0.1) is 0 Å². The number of aryl methyl sites for hydroxylation is 1. The zero-order valence-corrected chi connectivity index (χ0v) is 15.9. The van der Waals surface area contributed by atoms with Gasteiger partial charge in [0.05, 0.1) is 22.6 Å². The number of nitrogens with zero attached hydrogens (tertiary/aromatic N) is 2. The highest BCUT2D eigenvalue weighted by Gasteiger charge is 2.14. The molecule has 132 valence electrons. The Morgan fingerprint density at radius 3 is 2.56 bits per heavy atom. The van der Waals surface area contributed by atoms with Crippen LogP contribution in [0, 0.1) is 6.92 Å². The first-order valence-electron chi connectivity index (χ1n) is 7.87. The first-order valence-corrected chi connectivity index (χ1v) is 8.62. The van der Waals surface area contributed by atoms with Crippen molar-refractivity contribution in [3.63, 3.8) is 0 Å². The summed E-state index contributed by atoms with van der Waals surface area (Å²) in [6.45, 7) is 4.87. The highest BCUT2D eigenvalue weighted by Crippen LogP contribution is 2.29. The van der Waals surface area contributed by atoms with Gasteiger partial charge in [-0.2, -0.15) is 0 Å². The Hall–Kier alpha value is -2.04. The molecule has 0 saturated carbocycles. The number of rotatable bonds is 6. The number of aliphatic imine (C=N–C) groups is 1. The Bertz CT molecular complexity index is 774. The van der Waals surface area contributed by atoms with Crippen LogP contribution in [0.1, 0.15) is 28.4 Å². The molecule has 2 rings (SSSR count). The number of ether oxygens (including phenoxy) is 1. The van der Waals surface area contributed by atoms with Crippen molar-refractivity contribution >= 4 is 41.2 Å². The molecule has 0 radical (unpaired) electrons. The van der Waals surface area contributed by atoms with Crippen LogP contribution in [0.4, 0.5) is 5.69 Å². The minimum Gasteiger partial charge on any atom is -0.457 e. The SMILES string of the molecule is CCN(C)C=Nc1cc(C)c(C(=O)OCc2ccc(Cl)cc2)cc1Cl. The van der Waals surface area contributed by atoms with Gasteiger partial charge in [-0.25, -0.2) is 9.79 Å². The summed E-state index contributed by atoms with van der Waals surface area (Å²) in [5.74, 6) is -0.421. The third-order valence-electron chi connectivity index (χ3n) is 3.69. The molecule has 4 nitrogen and oxygen atoms in total. The summed E-state index contributed by atoms with van der Waals surface area (Å²) in [5, 5.41) is 1.05. The standard InChI is InChI=1S/C19H20Cl2N2O2/c1-4-23(3)12-22-18-9-13(2)16(10-17(18)21)19(24)25-11-14-5-7-15(20)8-6-14/h5-10,12H,4,11H2,1-3H3. The molecule has 0 saturated heterocycles. The van der Waals surface area contributed by atoms with Crippen molar-refractivity contribution in [2.45, 2.75) is 20.5 Å². The largest absolute Gasteiger partial charge is 0.457 e. The van der Waals surface area contributed by atoms with E-state index in [4.69, 9.17) is 27.9 Å². The minimum absolute atomic E-state index is 0.175. The van der Waals surface area contributed by atoms with E-state index in [1.807, 2.05) is 37.9 Å². The van der Waals surface area contributed by atoms with Crippen molar-refractivity contribution in [3.05, 3.63) is 63.1 Å². The van der Waals surface area contributed by atoms with Crippen molar-refractivity contribution < 1.29 is 9.53 Å². The normalized spacial score (nSPS) is 10.9. The van der Waals surface area contributed by atoms with E-state index in [-0.39, 0.29) is 6.61 Å². The van der Waals surface area contributed by atoms with Gasteiger partial charge in [-0.3, -0.25) is 0 Å². The molecule has 0 amide bonds. The molecule has 0 spiro atoms. The van der Waals surface area contributed by atoms with Crippen LogP contribution in [0.2, 0.25) is 10.0 Å². The summed E-state index contributed by atoms with van der Waals surface area (Å²) in [5.41, 5.74) is 2.68. The van der Waals surface area contributed by atoms with Crippen molar-refractivity contribution in [3.8, 4) is 0 Å². The molecule has 2 aromatic rings. The third kappa shape index (κ3) is 5.48. The lowest BCUT2D eigenvalue weighted by atomic mass is 10.1. The van der Waals surface area contributed by atoms with E-state index in [9.17, 15) is 4.79 Å². The average molecular weight is 379 g/mol. The van der Waals surface area contributed by atoms with E-state index in [2.05, 4.69) is 4.99 Å². The summed E-state index contributed by atoms with van der Waals surface area (Å²) in [4.78, 5) is 18.6. The van der Waals surface area contributed by atoms with E-state index >= 15 is 0 Å². The maximum Gasteiger partial charge on any atom is 0.338 e. The smallest absolute Gasteiger partial charge is 0.338 e. The molecule has 0 bridgehead atoms. The van der Waals surface area contributed by atoms with E-state index in [0.29, 0.717) is 21.3 Å². The minimum atomic E-state index is -0.421. The molecule has 0 aliphatic rings. The van der Waals surface area contributed by atoms with Crippen molar-refractivity contribution in [2.24, 2.45) is 4.99 Å². The van der Waals surface area contributed by atoms with Crippen LogP contribution >= 0.6 is 23.2 Å². The lowest BCUT2D eigenvalue weighted by Gasteiger charge is -2.11. The van der Waals surface area contributed by atoms with E-state index in [0.717, 1.165) is 17.7 Å². The number of hydrogen-bond donors (Lipinski definition) is 0. The fourth-order valence-electron chi connectivity index (χ4n) is 2.03. The number of esters is 1. The summed E-state index contributed by atoms with van der Waals surface area (Å²) in [6, 6.07) is 10.5. The molecule has 0 atom stereocenters. The summed E-state index contributed by atoms with van der Waals surface area (Å²) in [7, 11) is 1.92. The lowest BCUT2D eigenvalue weighted by molar-refractivity contribution is 0.0472. The van der Waals surface area contributed by atoms with Crippen LogP contribution in [0.25, 0.3) is 0 Å². The summed E-state index contributed by atoms with van der Waals surface area (Å²) >= 11 is 12.1. The van der Waals surface area contributed by atoms with Gasteiger partial charge < -0.3 is 9.64 Å². The van der Waals surface area contributed by atoms with Gasteiger partial charge in [0.1, 0.15) is 6.61 Å². The fraction of sp³-hybridized carbons (Fsp3) is 0.263. The fourth-order valence-corrected chi connectivity index (χ4v) is 2.37. The molecule has 0 heterocycles. The van der Waals surface area contributed by atoms with Crippen LogP contribution in [0.3, 0.4) is 0 Å². The van der Waals surface area contributed by atoms with Gasteiger partial charge >= 0.3 is 5.97 Å². The predicted molar refractivity (Wildman–Crippen MR) is 103 cm³/mol. The highest BCUT2D eigenvalue weighted by molar-refractivity contribution is 6.33. The second-order valence-electron chi connectivity index (χ2n) is 5.64. The maximum atomic E-state index is 12.3. The van der Waals surface area contributed by atoms with Gasteiger partial charge in [-0.1, -0.05) is 35.3 Å². The third-order valence-corrected chi connectivity index (χ3v) is 4.24. The zero-order valence-electron chi connectivity index (χ0n) is 14.4. The van der Waals surface area contributed by atoms with Crippen molar-refractivity contribution in [2.75, 3.05) is 13.6 Å². The zero-order chi connectivity index (χ0) is 18.4. The topological polar surface area (TPSA) is 41.9 Å². The van der Waals surface area contributed by atoms with Gasteiger partial charge in [0, 0.05) is 18.6 Å². The number of carbonyl (C=O) groups is 1. The molecule has 0 aliphatic carbocycles. The molecular weight excluding hydrogens is 359 g/mol. The predicted octanol–water partition coefficient (Wildman–Crippen LogP) is 5.27.